The molecule has 0 spiro atoms. The van der Waals surface area contributed by atoms with Gasteiger partial charge >= 0.3 is 0 Å². The van der Waals surface area contributed by atoms with E-state index in [1.54, 1.807) is 12.1 Å². The van der Waals surface area contributed by atoms with E-state index < -0.39 is 16.7 Å². The van der Waals surface area contributed by atoms with E-state index in [2.05, 4.69) is 15.4 Å². The molecule has 0 aliphatic carbocycles. The summed E-state index contributed by atoms with van der Waals surface area (Å²) >= 11 is 0. The second-order valence-electron chi connectivity index (χ2n) is 8.88. The number of nitrogens with one attached hydrogen (secondary N) is 1. The Morgan fingerprint density at radius 2 is 1.97 bits per heavy atom. The van der Waals surface area contributed by atoms with Crippen LogP contribution >= 0.6 is 0 Å². The molecule has 3 heterocycles. The average molecular weight is 519 g/mol. The molecule has 4 aromatic rings. The summed E-state index contributed by atoms with van der Waals surface area (Å²) < 4.78 is 16.0. The molecule has 1 saturated heterocycles. The number of hydrogen-bond acceptors (Lipinski definition) is 7. The summed E-state index contributed by atoms with van der Waals surface area (Å²) in [5.74, 6) is -1.44. The Kier molecular flexibility index (Phi) is 6.64. The van der Waals surface area contributed by atoms with E-state index in [4.69, 9.17) is 0 Å². The summed E-state index contributed by atoms with van der Waals surface area (Å²) in [4.78, 5) is 54.3. The second kappa shape index (κ2) is 10.2. The molecule has 5 rings (SSSR count). The summed E-state index contributed by atoms with van der Waals surface area (Å²) in [5, 5.41) is 18.3. The predicted octanol–water partition coefficient (Wildman–Crippen LogP) is 1.86. The molecule has 13 heteroatoms. The van der Waals surface area contributed by atoms with Crippen molar-refractivity contribution in [3.8, 4) is 0 Å². The molecule has 1 fully saturated rings. The number of amides is 2. The van der Waals surface area contributed by atoms with Crippen LogP contribution in [0.2, 0.25) is 0 Å². The molecule has 12 nitrogen and oxygen atoms in total. The maximum absolute atomic E-state index is 13.2. The van der Waals surface area contributed by atoms with Crippen LogP contribution in [0, 0.1) is 21.8 Å². The van der Waals surface area contributed by atoms with Crippen molar-refractivity contribution in [3.05, 3.63) is 92.9 Å². The van der Waals surface area contributed by atoms with Crippen LogP contribution in [0.15, 0.2) is 65.8 Å². The fourth-order valence-corrected chi connectivity index (χ4v) is 4.42. The van der Waals surface area contributed by atoms with E-state index in [9.17, 15) is 28.9 Å². The minimum absolute atomic E-state index is 0.0551. The lowest BCUT2D eigenvalue weighted by Crippen LogP contribution is -2.35. The van der Waals surface area contributed by atoms with Crippen molar-refractivity contribution in [3.63, 3.8) is 0 Å². The lowest BCUT2D eigenvalue weighted by atomic mass is 10.1. The van der Waals surface area contributed by atoms with Gasteiger partial charge < -0.3 is 10.2 Å². The Hall–Kier alpha value is -4.94. The first-order chi connectivity index (χ1) is 18.3. The van der Waals surface area contributed by atoms with Crippen LogP contribution in [0.3, 0.4) is 0 Å². The van der Waals surface area contributed by atoms with E-state index in [0.717, 1.165) is 0 Å². The van der Waals surface area contributed by atoms with E-state index in [-0.39, 0.29) is 61.0 Å². The van der Waals surface area contributed by atoms with Crippen LogP contribution in [0.4, 0.5) is 15.8 Å². The number of rotatable bonds is 8. The van der Waals surface area contributed by atoms with Crippen molar-refractivity contribution >= 4 is 34.2 Å². The van der Waals surface area contributed by atoms with Gasteiger partial charge in [0.1, 0.15) is 17.5 Å². The van der Waals surface area contributed by atoms with Gasteiger partial charge in [-0.25, -0.2) is 14.1 Å². The van der Waals surface area contributed by atoms with Crippen LogP contribution in [0.5, 0.6) is 0 Å². The van der Waals surface area contributed by atoms with Crippen LogP contribution in [-0.2, 0) is 22.7 Å². The number of nitro benzene ring substituents is 1. The van der Waals surface area contributed by atoms with Crippen molar-refractivity contribution in [2.24, 2.45) is 5.92 Å². The minimum Gasteiger partial charge on any atom is -0.354 e. The highest BCUT2D eigenvalue weighted by Gasteiger charge is 2.35. The summed E-state index contributed by atoms with van der Waals surface area (Å²) in [7, 11) is 0. The van der Waals surface area contributed by atoms with Crippen molar-refractivity contribution in [1.82, 2.24) is 24.6 Å². The molecule has 194 valence electrons. The van der Waals surface area contributed by atoms with Crippen LogP contribution in [0.1, 0.15) is 12.0 Å². The average Bonchev–Trinajstić information content (AvgIpc) is 3.50. The van der Waals surface area contributed by atoms with Crippen molar-refractivity contribution < 1.29 is 18.9 Å². The predicted molar refractivity (Wildman–Crippen MR) is 134 cm³/mol. The number of nitrogens with zero attached hydrogens (tertiary/aromatic N) is 6. The Morgan fingerprint density at radius 3 is 2.74 bits per heavy atom. The molecule has 1 aliphatic rings. The Bertz CT molecular complexity index is 1600. The zero-order valence-electron chi connectivity index (χ0n) is 20.0. The Labute approximate surface area is 214 Å². The van der Waals surface area contributed by atoms with E-state index in [1.807, 2.05) is 0 Å². The number of carbonyl (C=O) groups excluding carboxylic acids is 2. The van der Waals surface area contributed by atoms with Crippen LogP contribution < -0.4 is 15.8 Å². The third-order valence-corrected chi connectivity index (χ3v) is 6.35. The fraction of sp³-hybridized carbons (Fsp3) is 0.240. The first kappa shape index (κ1) is 24.7. The van der Waals surface area contributed by atoms with Crippen molar-refractivity contribution in [2.45, 2.75) is 19.5 Å². The van der Waals surface area contributed by atoms with Gasteiger partial charge in [0.15, 0.2) is 5.65 Å². The molecule has 2 amide bonds. The third-order valence-electron chi connectivity index (χ3n) is 6.35. The monoisotopic (exact) mass is 519 g/mol. The SMILES string of the molecule is O=C(NCCn1ncc2c(=O)n(Cc3cccc([N+](=O)[O-])c3)cnc21)[C@H]1CC(=O)N(c2ccc(F)cc2)C1. The first-order valence-electron chi connectivity index (χ1n) is 11.8. The van der Waals surface area contributed by atoms with Gasteiger partial charge in [-0.3, -0.25) is 29.1 Å². The standard InChI is InChI=1S/C25H22FN7O5/c26-18-4-6-19(7-5-18)31-14-17(11-22(31)34)24(35)27-8-9-32-23-21(12-29-32)25(36)30(15-28-23)13-16-2-1-3-20(10-16)33(37)38/h1-7,10,12,15,17H,8-9,11,13-14H2,(H,27,35)/t17-/m0/s1. The van der Waals surface area contributed by atoms with Gasteiger partial charge in [-0.2, -0.15) is 5.10 Å². The Balaban J connectivity index is 1.20. The highest BCUT2D eigenvalue weighted by molar-refractivity contribution is 6.00. The molecule has 1 aliphatic heterocycles. The number of benzene rings is 2. The maximum Gasteiger partial charge on any atom is 0.269 e. The van der Waals surface area contributed by atoms with Crippen LogP contribution in [0.25, 0.3) is 11.0 Å². The van der Waals surface area contributed by atoms with E-state index in [0.29, 0.717) is 16.9 Å². The van der Waals surface area contributed by atoms with Crippen molar-refractivity contribution in [1.29, 1.82) is 0 Å². The largest absolute Gasteiger partial charge is 0.354 e. The smallest absolute Gasteiger partial charge is 0.269 e. The number of anilines is 1. The van der Waals surface area contributed by atoms with Gasteiger partial charge in [0, 0.05) is 37.3 Å². The van der Waals surface area contributed by atoms with Gasteiger partial charge in [-0.05, 0) is 29.8 Å². The van der Waals surface area contributed by atoms with Gasteiger partial charge in [-0.15, -0.1) is 0 Å². The quantitative estimate of drug-likeness (QED) is 0.276. The molecule has 0 saturated carbocycles. The maximum atomic E-state index is 13.2. The van der Waals surface area contributed by atoms with Gasteiger partial charge in [-0.1, -0.05) is 12.1 Å². The molecule has 0 bridgehead atoms. The zero-order valence-corrected chi connectivity index (χ0v) is 20.0. The normalized spacial score (nSPS) is 15.2. The summed E-state index contributed by atoms with van der Waals surface area (Å²) in [6.07, 6.45) is 2.81. The van der Waals surface area contributed by atoms with Crippen molar-refractivity contribution in [2.75, 3.05) is 18.0 Å². The second-order valence-corrected chi connectivity index (χ2v) is 8.88. The zero-order chi connectivity index (χ0) is 26.8. The number of fused-ring (bicyclic) bond motifs is 1. The topological polar surface area (TPSA) is 145 Å². The van der Waals surface area contributed by atoms with Gasteiger partial charge in [0.25, 0.3) is 11.2 Å². The highest BCUT2D eigenvalue weighted by Crippen LogP contribution is 2.25. The molecule has 1 N–H and O–H groups in total. The lowest BCUT2D eigenvalue weighted by Gasteiger charge is -2.16. The van der Waals surface area contributed by atoms with E-state index in [1.165, 1.54) is 63.1 Å². The number of aromatic nitrogens is 4. The molecule has 1 atom stereocenters. The minimum atomic E-state index is -0.541. The molecule has 0 radical (unpaired) electrons. The van der Waals surface area contributed by atoms with Gasteiger partial charge in [0.05, 0.1) is 30.1 Å². The number of halogens is 1. The van der Waals surface area contributed by atoms with Gasteiger partial charge in [0.2, 0.25) is 11.8 Å². The van der Waals surface area contributed by atoms with E-state index >= 15 is 0 Å². The molecule has 0 unspecified atom stereocenters. The number of hydrogen-bond donors (Lipinski definition) is 1. The summed E-state index contributed by atoms with van der Waals surface area (Å²) in [6.45, 7) is 0.765. The molecule has 38 heavy (non-hydrogen) atoms. The lowest BCUT2D eigenvalue weighted by molar-refractivity contribution is -0.384. The highest BCUT2D eigenvalue weighted by atomic mass is 19.1. The molecule has 2 aromatic carbocycles. The third kappa shape index (κ3) is 4.98. The number of carbonyl (C=O) groups is 2. The summed E-state index contributed by atoms with van der Waals surface area (Å²) in [6, 6.07) is 11.6. The Morgan fingerprint density at radius 1 is 1.18 bits per heavy atom. The number of nitro groups is 1. The molecular formula is C25H22FN7O5. The molecule has 2 aromatic heterocycles. The van der Waals surface area contributed by atoms with Crippen LogP contribution in [-0.4, -0.2) is 49.2 Å². The summed E-state index contributed by atoms with van der Waals surface area (Å²) in [5.41, 5.74) is 1.06. The fourth-order valence-electron chi connectivity index (χ4n) is 4.42. The molecular weight excluding hydrogens is 497 g/mol. The first-order valence-corrected chi connectivity index (χ1v) is 11.8. The number of non-ortho nitro benzene ring substituents is 1.